The lowest BCUT2D eigenvalue weighted by atomic mass is 10.1. The van der Waals surface area contributed by atoms with Crippen LogP contribution in [-0.2, 0) is 9.53 Å². The number of carbonyl (C=O) groups is 1. The summed E-state index contributed by atoms with van der Waals surface area (Å²) in [6.45, 7) is 4.28. The average Bonchev–Trinajstić information content (AvgIpc) is 3.48. The maximum atomic E-state index is 11.3. The Bertz CT molecular complexity index is 1390. The first-order valence-electron chi connectivity index (χ1n) is 11.0. The Morgan fingerprint density at radius 2 is 1.94 bits per heavy atom. The number of fused-ring (bicyclic) bond motifs is 3. The van der Waals surface area contributed by atoms with Gasteiger partial charge in [0.2, 0.25) is 0 Å². The molecule has 0 spiro atoms. The molecule has 0 saturated carbocycles. The Hall–Kier alpha value is -4.00. The second-order valence-electron chi connectivity index (χ2n) is 8.35. The summed E-state index contributed by atoms with van der Waals surface area (Å²) >= 11 is 0. The summed E-state index contributed by atoms with van der Waals surface area (Å²) in [6, 6.07) is 20.2. The number of carbonyl (C=O) groups excluding carboxylic acids is 1. The molecule has 6 rings (SSSR count). The molecule has 166 valence electrons. The lowest BCUT2D eigenvalue weighted by molar-refractivity contribution is -0.147. The van der Waals surface area contributed by atoms with Crippen LogP contribution >= 0.6 is 0 Å². The van der Waals surface area contributed by atoms with E-state index in [0.29, 0.717) is 13.2 Å². The zero-order valence-corrected chi connectivity index (χ0v) is 18.4. The number of hydrogen-bond donors (Lipinski definition) is 1. The monoisotopic (exact) mass is 441 g/mol. The highest BCUT2D eigenvalue weighted by Crippen LogP contribution is 2.42. The zero-order chi connectivity index (χ0) is 22.5. The molecule has 0 amide bonds. The largest absolute Gasteiger partial charge is 0.489 e. The van der Waals surface area contributed by atoms with E-state index in [9.17, 15) is 4.79 Å². The van der Waals surface area contributed by atoms with Gasteiger partial charge in [0, 0.05) is 29.8 Å². The van der Waals surface area contributed by atoms with Crippen molar-refractivity contribution in [1.29, 1.82) is 0 Å². The molecule has 0 fully saturated rings. The van der Waals surface area contributed by atoms with Gasteiger partial charge in [0.15, 0.2) is 6.10 Å². The Morgan fingerprint density at radius 3 is 2.82 bits per heavy atom. The number of para-hydroxylation sites is 3. The van der Waals surface area contributed by atoms with E-state index in [1.165, 1.54) is 6.92 Å². The van der Waals surface area contributed by atoms with Crippen molar-refractivity contribution in [2.45, 2.75) is 26.0 Å². The SMILES string of the molecule is CC(=O)O[C@@H]1COc2cc(NC3COc4c3cccc4-n3c(C)nc4ccccc43)ccc21. The van der Waals surface area contributed by atoms with Gasteiger partial charge in [-0.3, -0.25) is 9.36 Å². The predicted octanol–water partition coefficient (Wildman–Crippen LogP) is 4.88. The molecule has 0 radical (unpaired) electrons. The Kier molecular flexibility index (Phi) is 4.50. The Balaban J connectivity index is 1.30. The lowest BCUT2D eigenvalue weighted by Crippen LogP contribution is -2.12. The van der Waals surface area contributed by atoms with Crippen LogP contribution in [0.5, 0.6) is 11.5 Å². The smallest absolute Gasteiger partial charge is 0.303 e. The summed E-state index contributed by atoms with van der Waals surface area (Å²) in [7, 11) is 0. The molecule has 1 unspecified atom stereocenters. The van der Waals surface area contributed by atoms with Gasteiger partial charge in [-0.2, -0.15) is 0 Å². The van der Waals surface area contributed by atoms with E-state index < -0.39 is 0 Å². The number of nitrogens with one attached hydrogen (secondary N) is 1. The molecule has 1 N–H and O–H groups in total. The number of rotatable bonds is 4. The van der Waals surface area contributed by atoms with Crippen molar-refractivity contribution >= 4 is 22.7 Å². The van der Waals surface area contributed by atoms with Gasteiger partial charge in [-0.1, -0.05) is 24.3 Å². The number of aryl methyl sites for hydroxylation is 1. The van der Waals surface area contributed by atoms with E-state index >= 15 is 0 Å². The topological polar surface area (TPSA) is 74.6 Å². The molecule has 7 nitrogen and oxygen atoms in total. The van der Waals surface area contributed by atoms with Crippen LogP contribution < -0.4 is 14.8 Å². The minimum Gasteiger partial charge on any atom is -0.489 e. The fourth-order valence-corrected chi connectivity index (χ4v) is 4.75. The molecular formula is C26H23N3O4. The first-order chi connectivity index (χ1) is 16.1. The number of ether oxygens (including phenoxy) is 3. The van der Waals surface area contributed by atoms with Gasteiger partial charge in [-0.05, 0) is 37.3 Å². The van der Waals surface area contributed by atoms with Gasteiger partial charge >= 0.3 is 5.97 Å². The van der Waals surface area contributed by atoms with Crippen LogP contribution in [0.2, 0.25) is 0 Å². The van der Waals surface area contributed by atoms with E-state index in [2.05, 4.69) is 34.1 Å². The van der Waals surface area contributed by atoms with Crippen molar-refractivity contribution in [3.63, 3.8) is 0 Å². The summed E-state index contributed by atoms with van der Waals surface area (Å²) in [4.78, 5) is 16.0. The Morgan fingerprint density at radius 1 is 1.06 bits per heavy atom. The van der Waals surface area contributed by atoms with Crippen LogP contribution in [-0.4, -0.2) is 28.7 Å². The van der Waals surface area contributed by atoms with Gasteiger partial charge in [0.25, 0.3) is 0 Å². The van der Waals surface area contributed by atoms with Gasteiger partial charge in [-0.25, -0.2) is 4.98 Å². The fourth-order valence-electron chi connectivity index (χ4n) is 4.75. The van der Waals surface area contributed by atoms with Crippen LogP contribution in [0.15, 0.2) is 60.7 Å². The van der Waals surface area contributed by atoms with Crippen molar-refractivity contribution in [1.82, 2.24) is 9.55 Å². The highest BCUT2D eigenvalue weighted by atomic mass is 16.6. The van der Waals surface area contributed by atoms with Crippen molar-refractivity contribution in [3.8, 4) is 17.2 Å². The molecule has 3 heterocycles. The number of imidazole rings is 1. The van der Waals surface area contributed by atoms with Crippen LogP contribution in [0.3, 0.4) is 0 Å². The normalized spacial score (nSPS) is 18.4. The highest BCUT2D eigenvalue weighted by molar-refractivity contribution is 5.79. The molecule has 33 heavy (non-hydrogen) atoms. The standard InChI is InChI=1S/C26H23N3O4/c1-15-27-20-7-3-4-8-22(20)29(15)23-9-5-6-18-21(13-32-26(18)23)28-17-10-11-19-24(12-17)31-14-25(19)33-16(2)30/h3-12,21,25,28H,13-14H2,1-2H3/t21?,25-/m1/s1. The third-order valence-corrected chi connectivity index (χ3v) is 6.16. The molecule has 0 bridgehead atoms. The minimum atomic E-state index is -0.349. The van der Waals surface area contributed by atoms with E-state index in [0.717, 1.165) is 50.9 Å². The quantitative estimate of drug-likeness (QED) is 0.455. The second-order valence-corrected chi connectivity index (χ2v) is 8.35. The summed E-state index contributed by atoms with van der Waals surface area (Å²) in [6.07, 6.45) is -0.349. The first kappa shape index (κ1) is 19.7. The number of hydrogen-bond acceptors (Lipinski definition) is 6. The summed E-state index contributed by atoms with van der Waals surface area (Å²) < 4.78 is 19.4. The van der Waals surface area contributed by atoms with E-state index in [1.807, 2.05) is 43.3 Å². The third kappa shape index (κ3) is 3.28. The molecule has 7 heteroatoms. The maximum Gasteiger partial charge on any atom is 0.303 e. The molecular weight excluding hydrogens is 418 g/mol. The lowest BCUT2D eigenvalue weighted by Gasteiger charge is -2.15. The molecule has 0 aliphatic carbocycles. The summed E-state index contributed by atoms with van der Waals surface area (Å²) in [5.74, 6) is 2.21. The van der Waals surface area contributed by atoms with Gasteiger partial charge in [0.05, 0.1) is 22.8 Å². The second kappa shape index (κ2) is 7.55. The number of nitrogens with zero attached hydrogens (tertiary/aromatic N) is 2. The Labute approximate surface area is 190 Å². The predicted molar refractivity (Wildman–Crippen MR) is 124 cm³/mol. The number of aromatic nitrogens is 2. The number of benzene rings is 3. The third-order valence-electron chi connectivity index (χ3n) is 6.16. The maximum absolute atomic E-state index is 11.3. The average molecular weight is 441 g/mol. The number of esters is 1. The molecule has 1 aromatic heterocycles. The molecule has 2 aliphatic rings. The van der Waals surface area contributed by atoms with Crippen molar-refractivity contribution in [2.75, 3.05) is 18.5 Å². The molecule has 0 saturated heterocycles. The van der Waals surface area contributed by atoms with Gasteiger partial charge in [0.1, 0.15) is 30.5 Å². The van der Waals surface area contributed by atoms with E-state index in [1.54, 1.807) is 0 Å². The van der Waals surface area contributed by atoms with Crippen molar-refractivity contribution in [3.05, 3.63) is 77.6 Å². The van der Waals surface area contributed by atoms with Crippen molar-refractivity contribution < 1.29 is 19.0 Å². The summed E-state index contributed by atoms with van der Waals surface area (Å²) in [5, 5.41) is 3.57. The van der Waals surface area contributed by atoms with Crippen molar-refractivity contribution in [2.24, 2.45) is 0 Å². The number of anilines is 1. The molecule has 3 aromatic carbocycles. The van der Waals surface area contributed by atoms with Crippen LogP contribution in [0.25, 0.3) is 16.7 Å². The molecule has 4 aromatic rings. The van der Waals surface area contributed by atoms with Crippen LogP contribution in [0.1, 0.15) is 36.0 Å². The van der Waals surface area contributed by atoms with Gasteiger partial charge in [-0.15, -0.1) is 0 Å². The van der Waals surface area contributed by atoms with E-state index in [4.69, 9.17) is 19.2 Å². The highest BCUT2D eigenvalue weighted by Gasteiger charge is 2.30. The van der Waals surface area contributed by atoms with Crippen LogP contribution in [0.4, 0.5) is 5.69 Å². The minimum absolute atomic E-state index is 0.00115. The first-order valence-corrected chi connectivity index (χ1v) is 11.0. The van der Waals surface area contributed by atoms with Gasteiger partial charge < -0.3 is 19.5 Å². The summed E-state index contributed by atoms with van der Waals surface area (Å²) in [5.41, 5.74) is 5.93. The molecule has 2 atom stereocenters. The zero-order valence-electron chi connectivity index (χ0n) is 18.4. The molecule has 2 aliphatic heterocycles. The van der Waals surface area contributed by atoms with Crippen LogP contribution in [0, 0.1) is 6.92 Å². The fraction of sp³-hybridized carbons (Fsp3) is 0.231. The van der Waals surface area contributed by atoms with E-state index in [-0.39, 0.29) is 18.1 Å².